The molecule has 0 spiro atoms. The van der Waals surface area contributed by atoms with E-state index in [1.54, 1.807) is 0 Å². The molecular weight excluding hydrogens is 250 g/mol. The van der Waals surface area contributed by atoms with E-state index in [0.717, 1.165) is 30.5 Å². The van der Waals surface area contributed by atoms with Gasteiger partial charge in [-0.2, -0.15) is 0 Å². The van der Waals surface area contributed by atoms with Gasteiger partial charge in [-0.1, -0.05) is 24.3 Å². The summed E-state index contributed by atoms with van der Waals surface area (Å²) in [5.74, 6) is 2.44. The van der Waals surface area contributed by atoms with Crippen LogP contribution in [0.5, 0.6) is 11.5 Å². The minimum atomic E-state index is 0.661. The molecule has 0 amide bonds. The maximum Gasteiger partial charge on any atom is 0.161 e. The first-order valence-electron chi connectivity index (χ1n) is 7.60. The number of hydrogen-bond acceptors (Lipinski definition) is 3. The Morgan fingerprint density at radius 1 is 1.15 bits per heavy atom. The van der Waals surface area contributed by atoms with Crippen LogP contribution in [0, 0.1) is 5.92 Å². The summed E-state index contributed by atoms with van der Waals surface area (Å²) in [6.07, 6.45) is 8.32. The van der Waals surface area contributed by atoms with Crippen LogP contribution in [0.3, 0.4) is 0 Å². The third-order valence-electron chi connectivity index (χ3n) is 3.50. The van der Waals surface area contributed by atoms with Crippen molar-refractivity contribution >= 4 is 0 Å². The normalized spacial score (nSPS) is 17.9. The van der Waals surface area contributed by atoms with E-state index in [1.807, 2.05) is 31.2 Å². The van der Waals surface area contributed by atoms with Crippen LogP contribution in [0.1, 0.15) is 26.2 Å². The molecule has 0 heterocycles. The summed E-state index contributed by atoms with van der Waals surface area (Å²) in [6.45, 7) is 5.28. The minimum Gasteiger partial charge on any atom is -0.490 e. The van der Waals surface area contributed by atoms with E-state index in [2.05, 4.69) is 17.5 Å². The fourth-order valence-electron chi connectivity index (χ4n) is 2.43. The molecule has 3 nitrogen and oxygen atoms in total. The summed E-state index contributed by atoms with van der Waals surface area (Å²) in [6, 6.07) is 7.84. The average Bonchev–Trinajstić information content (AvgIpc) is 2.50. The molecule has 0 fully saturated rings. The van der Waals surface area contributed by atoms with E-state index in [-0.39, 0.29) is 0 Å². The van der Waals surface area contributed by atoms with Gasteiger partial charge in [0.2, 0.25) is 0 Å². The second kappa shape index (κ2) is 8.64. The van der Waals surface area contributed by atoms with Gasteiger partial charge in [0, 0.05) is 6.54 Å². The smallest absolute Gasteiger partial charge is 0.161 e. The van der Waals surface area contributed by atoms with Crippen LogP contribution in [0.25, 0.3) is 0 Å². The fraction of sp³-hybridized carbons (Fsp3) is 0.529. The van der Waals surface area contributed by atoms with Gasteiger partial charge >= 0.3 is 0 Å². The van der Waals surface area contributed by atoms with Crippen molar-refractivity contribution in [1.29, 1.82) is 0 Å². The van der Waals surface area contributed by atoms with E-state index in [4.69, 9.17) is 9.47 Å². The zero-order valence-corrected chi connectivity index (χ0v) is 12.3. The molecule has 0 saturated carbocycles. The van der Waals surface area contributed by atoms with Gasteiger partial charge in [-0.3, -0.25) is 0 Å². The highest BCUT2D eigenvalue weighted by molar-refractivity contribution is 5.39. The van der Waals surface area contributed by atoms with Gasteiger partial charge in [-0.25, -0.2) is 0 Å². The first kappa shape index (κ1) is 14.9. The topological polar surface area (TPSA) is 30.5 Å². The Morgan fingerprint density at radius 2 is 1.95 bits per heavy atom. The predicted molar refractivity (Wildman–Crippen MR) is 82.5 cm³/mol. The lowest BCUT2D eigenvalue weighted by atomic mass is 9.94. The lowest BCUT2D eigenvalue weighted by Crippen LogP contribution is -2.27. The van der Waals surface area contributed by atoms with Crippen molar-refractivity contribution in [3.63, 3.8) is 0 Å². The molecule has 0 aliphatic heterocycles. The highest BCUT2D eigenvalue weighted by atomic mass is 16.5. The fourth-order valence-corrected chi connectivity index (χ4v) is 2.43. The van der Waals surface area contributed by atoms with Crippen molar-refractivity contribution in [3.8, 4) is 11.5 Å². The Kier molecular flexibility index (Phi) is 6.45. The first-order valence-corrected chi connectivity index (χ1v) is 7.60. The van der Waals surface area contributed by atoms with Crippen LogP contribution in [-0.2, 0) is 0 Å². The second-order valence-electron chi connectivity index (χ2n) is 5.08. The molecule has 1 aliphatic carbocycles. The van der Waals surface area contributed by atoms with E-state index >= 15 is 0 Å². The van der Waals surface area contributed by atoms with Gasteiger partial charge in [-0.15, -0.1) is 0 Å². The SMILES string of the molecule is CCOc1ccccc1OCCNCC1CC=CCC1. The Bertz CT molecular complexity index is 417. The van der Waals surface area contributed by atoms with Gasteiger partial charge in [0.15, 0.2) is 11.5 Å². The van der Waals surface area contributed by atoms with Crippen LogP contribution in [-0.4, -0.2) is 26.3 Å². The molecule has 1 aliphatic rings. The summed E-state index contributed by atoms with van der Waals surface area (Å²) in [7, 11) is 0. The molecule has 1 atom stereocenters. The van der Waals surface area contributed by atoms with Crippen LogP contribution in [0.2, 0.25) is 0 Å². The molecule has 3 heteroatoms. The molecular formula is C17H25NO2. The van der Waals surface area contributed by atoms with Crippen molar-refractivity contribution in [3.05, 3.63) is 36.4 Å². The molecule has 0 bridgehead atoms. The molecule has 0 radical (unpaired) electrons. The Hall–Kier alpha value is -1.48. The van der Waals surface area contributed by atoms with Crippen LogP contribution < -0.4 is 14.8 Å². The second-order valence-corrected chi connectivity index (χ2v) is 5.08. The lowest BCUT2D eigenvalue weighted by Gasteiger charge is -2.18. The van der Waals surface area contributed by atoms with Crippen LogP contribution in [0.4, 0.5) is 0 Å². The van der Waals surface area contributed by atoms with Gasteiger partial charge < -0.3 is 14.8 Å². The van der Waals surface area contributed by atoms with E-state index in [1.165, 1.54) is 19.3 Å². The van der Waals surface area contributed by atoms with Crippen molar-refractivity contribution in [2.24, 2.45) is 5.92 Å². The number of hydrogen-bond donors (Lipinski definition) is 1. The number of ether oxygens (including phenoxy) is 2. The Morgan fingerprint density at radius 3 is 2.65 bits per heavy atom. The lowest BCUT2D eigenvalue weighted by molar-refractivity contribution is 0.273. The molecule has 110 valence electrons. The van der Waals surface area contributed by atoms with E-state index < -0.39 is 0 Å². The number of allylic oxidation sites excluding steroid dienone is 2. The molecule has 20 heavy (non-hydrogen) atoms. The van der Waals surface area contributed by atoms with Gasteiger partial charge in [0.1, 0.15) is 6.61 Å². The molecule has 1 aromatic rings. The molecule has 0 aromatic heterocycles. The number of rotatable bonds is 8. The maximum absolute atomic E-state index is 5.78. The zero-order chi connectivity index (χ0) is 14.0. The maximum atomic E-state index is 5.78. The van der Waals surface area contributed by atoms with Crippen molar-refractivity contribution in [2.75, 3.05) is 26.3 Å². The van der Waals surface area contributed by atoms with E-state index in [9.17, 15) is 0 Å². The van der Waals surface area contributed by atoms with Crippen molar-refractivity contribution < 1.29 is 9.47 Å². The van der Waals surface area contributed by atoms with Crippen LogP contribution >= 0.6 is 0 Å². The quantitative estimate of drug-likeness (QED) is 0.582. The molecule has 2 rings (SSSR count). The predicted octanol–water partition coefficient (Wildman–Crippen LogP) is 3.41. The van der Waals surface area contributed by atoms with Crippen LogP contribution in [0.15, 0.2) is 36.4 Å². The molecule has 1 N–H and O–H groups in total. The van der Waals surface area contributed by atoms with Gasteiger partial charge in [0.25, 0.3) is 0 Å². The zero-order valence-electron chi connectivity index (χ0n) is 12.3. The first-order chi connectivity index (χ1) is 9.90. The molecule has 1 aromatic carbocycles. The summed E-state index contributed by atoms with van der Waals surface area (Å²) in [5.41, 5.74) is 0. The number of para-hydroxylation sites is 2. The summed E-state index contributed by atoms with van der Waals surface area (Å²) < 4.78 is 11.3. The van der Waals surface area contributed by atoms with Gasteiger partial charge in [0.05, 0.1) is 6.61 Å². The number of nitrogens with one attached hydrogen (secondary N) is 1. The standard InChI is InChI=1S/C17H25NO2/c1-2-19-16-10-6-7-11-17(16)20-13-12-18-14-15-8-4-3-5-9-15/h3-4,6-7,10-11,15,18H,2,5,8-9,12-14H2,1H3. The monoisotopic (exact) mass is 275 g/mol. The van der Waals surface area contributed by atoms with E-state index in [0.29, 0.717) is 13.2 Å². The summed E-state index contributed by atoms with van der Waals surface area (Å²) in [5, 5.41) is 3.48. The Labute approximate surface area is 122 Å². The third kappa shape index (κ3) is 4.89. The van der Waals surface area contributed by atoms with Gasteiger partial charge in [-0.05, 0) is 50.8 Å². The van der Waals surface area contributed by atoms with Crippen molar-refractivity contribution in [1.82, 2.24) is 5.32 Å². The summed E-state index contributed by atoms with van der Waals surface area (Å²) in [4.78, 5) is 0. The molecule has 1 unspecified atom stereocenters. The average molecular weight is 275 g/mol. The Balaban J connectivity index is 1.64. The molecule has 0 saturated heterocycles. The highest BCUT2D eigenvalue weighted by Crippen LogP contribution is 2.26. The number of benzene rings is 1. The third-order valence-corrected chi connectivity index (χ3v) is 3.50. The van der Waals surface area contributed by atoms with Crippen molar-refractivity contribution in [2.45, 2.75) is 26.2 Å². The summed E-state index contributed by atoms with van der Waals surface area (Å²) >= 11 is 0. The largest absolute Gasteiger partial charge is 0.490 e. The highest BCUT2D eigenvalue weighted by Gasteiger charge is 2.09. The minimum absolute atomic E-state index is 0.661.